The molecule has 0 saturated carbocycles. The molecule has 65 valence electrons. The van der Waals surface area contributed by atoms with Gasteiger partial charge in [-0.1, -0.05) is 50.6 Å². The normalized spacial score (nSPS) is 12.8. The first-order valence-electron chi connectivity index (χ1n) is 4.73. The van der Waals surface area contributed by atoms with Gasteiger partial charge in [0.1, 0.15) is 0 Å². The maximum Gasteiger partial charge on any atom is -0.0134 e. The van der Waals surface area contributed by atoms with Gasteiger partial charge in [-0.3, -0.25) is 0 Å². The monoisotopic (exact) mass is 161 g/mol. The summed E-state index contributed by atoms with van der Waals surface area (Å²) in [4.78, 5) is 0. The predicted molar refractivity (Wildman–Crippen MR) is 54.1 cm³/mol. The highest BCUT2D eigenvalue weighted by Crippen LogP contribution is 2.22. The zero-order valence-corrected chi connectivity index (χ0v) is 7.96. The molecule has 1 aromatic carbocycles. The molecular formula is C12H17. The molecule has 1 radical (unpaired) electrons. The Kier molecular flexibility index (Phi) is 3.86. The first-order valence-corrected chi connectivity index (χ1v) is 4.73. The summed E-state index contributed by atoms with van der Waals surface area (Å²) in [6.07, 6.45) is 4.81. The molecule has 0 fully saturated rings. The molecule has 1 unspecified atom stereocenters. The van der Waals surface area contributed by atoms with Crippen molar-refractivity contribution >= 4 is 0 Å². The number of hydrogen-bond acceptors (Lipinski definition) is 0. The molecule has 0 aromatic heterocycles. The van der Waals surface area contributed by atoms with Gasteiger partial charge in [-0.2, -0.15) is 0 Å². The molecule has 0 aliphatic heterocycles. The van der Waals surface area contributed by atoms with E-state index in [1.165, 1.54) is 18.4 Å². The molecule has 1 aromatic rings. The van der Waals surface area contributed by atoms with Crippen molar-refractivity contribution in [3.63, 3.8) is 0 Å². The topological polar surface area (TPSA) is 0 Å². The van der Waals surface area contributed by atoms with Crippen molar-refractivity contribution in [1.29, 1.82) is 0 Å². The summed E-state index contributed by atoms with van der Waals surface area (Å²) < 4.78 is 0. The van der Waals surface area contributed by atoms with Crippen LogP contribution < -0.4 is 0 Å². The van der Waals surface area contributed by atoms with E-state index in [0.29, 0.717) is 5.92 Å². The summed E-state index contributed by atoms with van der Waals surface area (Å²) in [5.74, 6) is 0.649. The van der Waals surface area contributed by atoms with E-state index in [9.17, 15) is 0 Å². The minimum Gasteiger partial charge on any atom is -0.0654 e. The van der Waals surface area contributed by atoms with Gasteiger partial charge in [0, 0.05) is 0 Å². The number of rotatable bonds is 4. The van der Waals surface area contributed by atoms with Gasteiger partial charge < -0.3 is 0 Å². The van der Waals surface area contributed by atoms with Crippen LogP contribution in [0, 0.1) is 6.42 Å². The Morgan fingerprint density at radius 2 is 1.92 bits per heavy atom. The van der Waals surface area contributed by atoms with Gasteiger partial charge in [0.15, 0.2) is 0 Å². The zero-order chi connectivity index (χ0) is 8.81. The van der Waals surface area contributed by atoms with Gasteiger partial charge in [-0.05, 0) is 24.3 Å². The molecule has 0 heterocycles. The standard InChI is InChI=1S/C12H17/c1-3-8-11(4-2)12-9-6-5-7-10-12/h4-7,9-11H,3,8H2,1-2H3. The highest BCUT2D eigenvalue weighted by Gasteiger charge is 2.06. The van der Waals surface area contributed by atoms with Crippen LogP contribution in [0.2, 0.25) is 0 Å². The quantitative estimate of drug-likeness (QED) is 0.630. The molecular weight excluding hydrogens is 144 g/mol. The molecule has 0 saturated heterocycles. The van der Waals surface area contributed by atoms with Crippen LogP contribution in [-0.2, 0) is 0 Å². The van der Waals surface area contributed by atoms with Crippen LogP contribution in [0.5, 0.6) is 0 Å². The zero-order valence-electron chi connectivity index (χ0n) is 7.96. The average molecular weight is 161 g/mol. The predicted octanol–water partition coefficient (Wildman–Crippen LogP) is 3.79. The fourth-order valence-electron chi connectivity index (χ4n) is 1.54. The van der Waals surface area contributed by atoms with E-state index in [-0.39, 0.29) is 0 Å². The molecule has 0 bridgehead atoms. The lowest BCUT2D eigenvalue weighted by Crippen LogP contribution is -1.96. The molecule has 0 heteroatoms. The average Bonchev–Trinajstić information content (AvgIpc) is 2.15. The lowest BCUT2D eigenvalue weighted by atomic mass is 9.92. The fraction of sp³-hybridized carbons (Fsp3) is 0.417. The lowest BCUT2D eigenvalue weighted by molar-refractivity contribution is 0.681. The molecule has 0 spiro atoms. The Morgan fingerprint density at radius 3 is 2.42 bits per heavy atom. The van der Waals surface area contributed by atoms with Crippen LogP contribution in [0.1, 0.15) is 38.2 Å². The summed E-state index contributed by atoms with van der Waals surface area (Å²) in [6.45, 7) is 4.38. The second-order valence-electron chi connectivity index (χ2n) is 3.14. The van der Waals surface area contributed by atoms with Gasteiger partial charge in [0.05, 0.1) is 0 Å². The van der Waals surface area contributed by atoms with E-state index in [2.05, 4.69) is 50.6 Å². The van der Waals surface area contributed by atoms with Crippen molar-refractivity contribution in [2.45, 2.75) is 32.6 Å². The Morgan fingerprint density at radius 1 is 1.25 bits per heavy atom. The van der Waals surface area contributed by atoms with Crippen molar-refractivity contribution in [2.75, 3.05) is 0 Å². The van der Waals surface area contributed by atoms with Crippen molar-refractivity contribution in [3.05, 3.63) is 42.3 Å². The third kappa shape index (κ3) is 2.37. The van der Waals surface area contributed by atoms with E-state index in [1.807, 2.05) is 0 Å². The number of benzene rings is 1. The first-order chi connectivity index (χ1) is 5.88. The second-order valence-corrected chi connectivity index (χ2v) is 3.14. The Labute approximate surface area is 75.6 Å². The fourth-order valence-corrected chi connectivity index (χ4v) is 1.54. The lowest BCUT2D eigenvalue weighted by Gasteiger charge is -2.13. The molecule has 0 amide bonds. The summed E-state index contributed by atoms with van der Waals surface area (Å²) in [5, 5.41) is 0. The number of hydrogen-bond donors (Lipinski definition) is 0. The smallest absolute Gasteiger partial charge is 0.0134 e. The van der Waals surface area contributed by atoms with Crippen LogP contribution in [0.15, 0.2) is 30.3 Å². The highest BCUT2D eigenvalue weighted by molar-refractivity contribution is 5.21. The van der Waals surface area contributed by atoms with Gasteiger partial charge in [0.25, 0.3) is 0 Å². The molecule has 0 aliphatic rings. The molecule has 0 aliphatic carbocycles. The van der Waals surface area contributed by atoms with Gasteiger partial charge in [-0.25, -0.2) is 0 Å². The van der Waals surface area contributed by atoms with Crippen molar-refractivity contribution in [1.82, 2.24) is 0 Å². The molecule has 1 rings (SSSR count). The van der Waals surface area contributed by atoms with E-state index in [0.717, 1.165) is 0 Å². The van der Waals surface area contributed by atoms with E-state index in [4.69, 9.17) is 0 Å². The highest BCUT2D eigenvalue weighted by atomic mass is 14.1. The third-order valence-corrected chi connectivity index (χ3v) is 2.23. The van der Waals surface area contributed by atoms with Crippen molar-refractivity contribution < 1.29 is 0 Å². The maximum atomic E-state index is 2.29. The summed E-state index contributed by atoms with van der Waals surface area (Å²) in [5.41, 5.74) is 1.45. The summed E-state index contributed by atoms with van der Waals surface area (Å²) in [6, 6.07) is 10.7. The second kappa shape index (κ2) is 4.97. The largest absolute Gasteiger partial charge is 0.0654 e. The van der Waals surface area contributed by atoms with Crippen molar-refractivity contribution in [2.24, 2.45) is 0 Å². The molecule has 12 heavy (non-hydrogen) atoms. The first kappa shape index (κ1) is 9.31. The SMILES string of the molecule is C[CH]C(CCC)c1ccccc1. The van der Waals surface area contributed by atoms with E-state index < -0.39 is 0 Å². The van der Waals surface area contributed by atoms with E-state index >= 15 is 0 Å². The van der Waals surface area contributed by atoms with Crippen molar-refractivity contribution in [3.8, 4) is 0 Å². The maximum absolute atomic E-state index is 2.29. The Hall–Kier alpha value is -0.780. The summed E-state index contributed by atoms with van der Waals surface area (Å²) in [7, 11) is 0. The van der Waals surface area contributed by atoms with Gasteiger partial charge in [0.2, 0.25) is 0 Å². The molecule has 1 atom stereocenters. The van der Waals surface area contributed by atoms with Gasteiger partial charge in [-0.15, -0.1) is 0 Å². The van der Waals surface area contributed by atoms with Crippen LogP contribution in [-0.4, -0.2) is 0 Å². The van der Waals surface area contributed by atoms with Crippen LogP contribution >= 0.6 is 0 Å². The Balaban J connectivity index is 2.66. The third-order valence-electron chi connectivity index (χ3n) is 2.23. The van der Waals surface area contributed by atoms with E-state index in [1.54, 1.807) is 0 Å². The van der Waals surface area contributed by atoms with Crippen LogP contribution in [0.25, 0.3) is 0 Å². The molecule has 0 N–H and O–H groups in total. The minimum absolute atomic E-state index is 0.649. The van der Waals surface area contributed by atoms with Gasteiger partial charge >= 0.3 is 0 Å². The summed E-state index contributed by atoms with van der Waals surface area (Å²) >= 11 is 0. The van der Waals surface area contributed by atoms with Crippen LogP contribution in [0.3, 0.4) is 0 Å². The minimum atomic E-state index is 0.649. The Bertz CT molecular complexity index is 201. The molecule has 0 nitrogen and oxygen atoms in total. The van der Waals surface area contributed by atoms with Crippen LogP contribution in [0.4, 0.5) is 0 Å².